The molecule has 3 nitrogen and oxygen atoms in total. The minimum absolute atomic E-state index is 0.306. The van der Waals surface area contributed by atoms with Crippen molar-refractivity contribution >= 4 is 27.6 Å². The number of carbonyl (C=O) groups excluding carboxylic acids is 1. The number of hydrogen-bond donors (Lipinski definition) is 0. The number of aromatic nitrogens is 1. The van der Waals surface area contributed by atoms with Gasteiger partial charge in [0.1, 0.15) is 0 Å². The highest BCUT2D eigenvalue weighted by atomic mass is 32.1. The summed E-state index contributed by atoms with van der Waals surface area (Å²) in [6.07, 6.45) is 7.35. The van der Waals surface area contributed by atoms with Gasteiger partial charge in [0.15, 0.2) is 0 Å². The van der Waals surface area contributed by atoms with Crippen molar-refractivity contribution < 1.29 is 4.79 Å². The molecule has 2 saturated carbocycles. The molecular weight excluding hydrogens is 256 g/mol. The van der Waals surface area contributed by atoms with Crippen LogP contribution in [-0.2, 0) is 10.3 Å². The largest absolute Gasteiger partial charge is 0.241 e. The predicted octanol–water partition coefficient (Wildman–Crippen LogP) is 3.89. The second-order valence-corrected chi connectivity index (χ2v) is 6.66. The molecule has 0 saturated heterocycles. The molecule has 19 heavy (non-hydrogen) atoms. The van der Waals surface area contributed by atoms with E-state index < -0.39 is 0 Å². The van der Waals surface area contributed by atoms with Crippen LogP contribution in [0.3, 0.4) is 0 Å². The Kier molecular flexibility index (Phi) is 2.38. The molecule has 1 aromatic heterocycles. The smallest absolute Gasteiger partial charge is 0.235 e. The molecule has 1 heterocycles. The highest BCUT2D eigenvalue weighted by Gasteiger charge is 2.39. The second kappa shape index (κ2) is 3.99. The molecule has 2 fully saturated rings. The molecule has 0 amide bonds. The third-order valence-corrected chi connectivity index (χ3v) is 5.51. The van der Waals surface area contributed by atoms with E-state index in [4.69, 9.17) is 4.98 Å². The third kappa shape index (κ3) is 1.75. The van der Waals surface area contributed by atoms with Gasteiger partial charge in [-0.15, -0.1) is 11.3 Å². The first kappa shape index (κ1) is 11.3. The van der Waals surface area contributed by atoms with Crippen LogP contribution >= 0.6 is 11.3 Å². The molecule has 0 spiro atoms. The number of isocyanates is 1. The van der Waals surface area contributed by atoms with Crippen LogP contribution in [0, 0.1) is 0 Å². The van der Waals surface area contributed by atoms with Gasteiger partial charge in [-0.05, 0) is 49.8 Å². The zero-order valence-corrected chi connectivity index (χ0v) is 11.4. The fourth-order valence-corrected chi connectivity index (χ4v) is 3.92. The monoisotopic (exact) mass is 270 g/mol. The maximum atomic E-state index is 10.6. The average molecular weight is 270 g/mol. The van der Waals surface area contributed by atoms with Gasteiger partial charge >= 0.3 is 0 Å². The van der Waals surface area contributed by atoms with Gasteiger partial charge < -0.3 is 0 Å². The van der Waals surface area contributed by atoms with E-state index in [0.717, 1.165) is 30.3 Å². The summed E-state index contributed by atoms with van der Waals surface area (Å²) >= 11 is 1.81. The lowest BCUT2D eigenvalue weighted by Crippen LogP contribution is -2.31. The first-order chi connectivity index (χ1) is 9.31. The second-order valence-electron chi connectivity index (χ2n) is 5.60. The van der Waals surface area contributed by atoms with Crippen LogP contribution in [0.4, 0.5) is 0 Å². The predicted molar refractivity (Wildman–Crippen MR) is 75.2 cm³/mol. The van der Waals surface area contributed by atoms with Crippen LogP contribution in [0.25, 0.3) is 10.2 Å². The molecule has 0 atom stereocenters. The summed E-state index contributed by atoms with van der Waals surface area (Å²) in [5, 5.41) is 1.27. The SMILES string of the molecule is O=C=NC1(c2ccc3sc(C4CC4)nc3c2)CCC1. The fourth-order valence-electron chi connectivity index (χ4n) is 2.80. The molecule has 4 heteroatoms. The molecule has 4 rings (SSSR count). The highest BCUT2D eigenvalue weighted by Crippen LogP contribution is 2.47. The van der Waals surface area contributed by atoms with Gasteiger partial charge in [-0.25, -0.2) is 9.78 Å². The lowest BCUT2D eigenvalue weighted by molar-refractivity contribution is 0.256. The summed E-state index contributed by atoms with van der Waals surface area (Å²) in [6, 6.07) is 6.36. The quantitative estimate of drug-likeness (QED) is 0.627. The van der Waals surface area contributed by atoms with E-state index in [1.165, 1.54) is 22.5 Å². The van der Waals surface area contributed by atoms with Crippen molar-refractivity contribution in [1.29, 1.82) is 0 Å². The summed E-state index contributed by atoms with van der Waals surface area (Å²) in [5.41, 5.74) is 1.89. The number of hydrogen-bond acceptors (Lipinski definition) is 4. The minimum atomic E-state index is -0.306. The number of fused-ring (bicyclic) bond motifs is 1. The molecule has 1 aromatic carbocycles. The van der Waals surface area contributed by atoms with Gasteiger partial charge in [-0.1, -0.05) is 6.07 Å². The number of nitrogens with zero attached hydrogens (tertiary/aromatic N) is 2. The molecule has 0 bridgehead atoms. The Bertz CT molecular complexity index is 691. The lowest BCUT2D eigenvalue weighted by atomic mass is 9.72. The van der Waals surface area contributed by atoms with Gasteiger partial charge in [0.25, 0.3) is 0 Å². The van der Waals surface area contributed by atoms with Crippen molar-refractivity contribution in [2.24, 2.45) is 4.99 Å². The first-order valence-electron chi connectivity index (χ1n) is 6.81. The van der Waals surface area contributed by atoms with Gasteiger partial charge in [-0.3, -0.25) is 0 Å². The van der Waals surface area contributed by atoms with Crippen LogP contribution in [0.15, 0.2) is 23.2 Å². The van der Waals surface area contributed by atoms with Crippen molar-refractivity contribution in [1.82, 2.24) is 4.98 Å². The number of thiazole rings is 1. The Morgan fingerprint density at radius 1 is 1.37 bits per heavy atom. The first-order valence-corrected chi connectivity index (χ1v) is 7.62. The van der Waals surface area contributed by atoms with E-state index in [-0.39, 0.29) is 5.54 Å². The lowest BCUT2D eigenvalue weighted by Gasteiger charge is -2.37. The normalized spacial score (nSPS) is 20.8. The van der Waals surface area contributed by atoms with E-state index in [0.29, 0.717) is 5.92 Å². The van der Waals surface area contributed by atoms with Crippen LogP contribution in [0.5, 0.6) is 0 Å². The van der Waals surface area contributed by atoms with Crippen molar-refractivity contribution in [2.75, 3.05) is 0 Å². The molecule has 0 radical (unpaired) electrons. The Balaban J connectivity index is 1.80. The standard InChI is InChI=1S/C15H14N2OS/c18-9-16-15(6-1-7-15)11-4-5-13-12(8-11)17-14(19-13)10-2-3-10/h4-5,8,10H,1-3,6-7H2. The zero-order valence-electron chi connectivity index (χ0n) is 10.6. The Morgan fingerprint density at radius 2 is 2.21 bits per heavy atom. The number of rotatable bonds is 3. The summed E-state index contributed by atoms with van der Waals surface area (Å²) in [4.78, 5) is 19.5. The van der Waals surface area contributed by atoms with E-state index in [1.807, 2.05) is 11.3 Å². The Labute approximate surface area is 115 Å². The van der Waals surface area contributed by atoms with Crippen LogP contribution in [0.2, 0.25) is 0 Å². The maximum Gasteiger partial charge on any atom is 0.235 e. The number of benzene rings is 1. The molecule has 2 aliphatic rings. The summed E-state index contributed by atoms with van der Waals surface area (Å²) in [7, 11) is 0. The van der Waals surface area contributed by atoms with Gasteiger partial charge in [0.2, 0.25) is 6.08 Å². The van der Waals surface area contributed by atoms with Crippen LogP contribution < -0.4 is 0 Å². The van der Waals surface area contributed by atoms with Crippen molar-refractivity contribution in [3.05, 3.63) is 28.8 Å². The molecule has 0 aliphatic heterocycles. The molecule has 2 aliphatic carbocycles. The summed E-state index contributed by atoms with van der Waals surface area (Å²) in [5.74, 6) is 0.700. The van der Waals surface area contributed by atoms with E-state index in [2.05, 4.69) is 23.2 Å². The fraction of sp³-hybridized carbons (Fsp3) is 0.467. The van der Waals surface area contributed by atoms with E-state index in [9.17, 15) is 4.79 Å². The van der Waals surface area contributed by atoms with Crippen molar-refractivity contribution in [3.63, 3.8) is 0 Å². The van der Waals surface area contributed by atoms with Crippen molar-refractivity contribution in [3.8, 4) is 0 Å². The van der Waals surface area contributed by atoms with Crippen molar-refractivity contribution in [2.45, 2.75) is 43.6 Å². The third-order valence-electron chi connectivity index (χ3n) is 4.31. The van der Waals surface area contributed by atoms with Gasteiger partial charge in [0.05, 0.1) is 20.8 Å². The van der Waals surface area contributed by atoms with Crippen LogP contribution in [0.1, 0.15) is 48.6 Å². The van der Waals surface area contributed by atoms with E-state index in [1.54, 1.807) is 6.08 Å². The Morgan fingerprint density at radius 3 is 2.84 bits per heavy atom. The molecule has 0 N–H and O–H groups in total. The van der Waals surface area contributed by atoms with Gasteiger partial charge in [0, 0.05) is 5.92 Å². The molecular formula is C15H14N2OS. The summed E-state index contributed by atoms with van der Waals surface area (Å²) in [6.45, 7) is 0. The van der Waals surface area contributed by atoms with Crippen LogP contribution in [-0.4, -0.2) is 11.1 Å². The molecule has 0 unspecified atom stereocenters. The molecule has 96 valence electrons. The Hall–Kier alpha value is -1.51. The van der Waals surface area contributed by atoms with E-state index >= 15 is 0 Å². The average Bonchev–Trinajstić information content (AvgIpc) is 3.13. The number of aliphatic imine (C=N–C) groups is 1. The highest BCUT2D eigenvalue weighted by molar-refractivity contribution is 7.18. The van der Waals surface area contributed by atoms with Gasteiger partial charge in [-0.2, -0.15) is 4.99 Å². The zero-order chi connectivity index (χ0) is 12.9. The molecule has 2 aromatic rings. The summed E-state index contributed by atoms with van der Waals surface area (Å²) < 4.78 is 1.25. The maximum absolute atomic E-state index is 10.6. The topological polar surface area (TPSA) is 42.3 Å². The minimum Gasteiger partial charge on any atom is -0.241 e.